The molecule has 0 aromatic heterocycles. The van der Waals surface area contributed by atoms with Crippen molar-refractivity contribution in [2.75, 3.05) is 0 Å². The quantitative estimate of drug-likeness (QED) is 0.178. The summed E-state index contributed by atoms with van der Waals surface area (Å²) in [6.45, 7) is 0.280. The van der Waals surface area contributed by atoms with Crippen molar-refractivity contribution in [1.29, 1.82) is 0 Å². The Bertz CT molecular complexity index is 1350. The minimum Gasteiger partial charge on any atom is -0.486 e. The van der Waals surface area contributed by atoms with E-state index < -0.39 is 0 Å². The average molecular weight is 607 g/mol. The van der Waals surface area contributed by atoms with Crippen LogP contribution in [0.15, 0.2) is 86.8 Å². The summed E-state index contributed by atoms with van der Waals surface area (Å²) in [6.07, 6.45) is 1.56. The Morgan fingerprint density at radius 2 is 1.67 bits per heavy atom. The molecule has 0 saturated carbocycles. The van der Waals surface area contributed by atoms with Crippen LogP contribution in [0.2, 0.25) is 10.0 Å². The molecule has 0 aliphatic heterocycles. The largest absolute Gasteiger partial charge is 0.486 e. The maximum absolute atomic E-state index is 12.5. The van der Waals surface area contributed by atoms with E-state index in [1.54, 1.807) is 24.4 Å². The zero-order valence-corrected chi connectivity index (χ0v) is 21.7. The van der Waals surface area contributed by atoms with Crippen LogP contribution in [0.5, 0.6) is 5.75 Å². The van der Waals surface area contributed by atoms with E-state index in [-0.39, 0.29) is 12.5 Å². The number of ether oxygens (including phenoxy) is 1. The molecule has 0 fully saturated rings. The monoisotopic (exact) mass is 604 g/mol. The lowest BCUT2D eigenvalue weighted by Crippen LogP contribution is -2.17. The number of halogens is 4. The van der Waals surface area contributed by atoms with Crippen LogP contribution in [0.3, 0.4) is 0 Å². The number of carbonyl (C=O) groups excluding carboxylic acids is 1. The summed E-state index contributed by atoms with van der Waals surface area (Å²) >= 11 is 19.2. The topological polar surface area (TPSA) is 50.7 Å². The third-order valence-electron chi connectivity index (χ3n) is 4.80. The van der Waals surface area contributed by atoms with Gasteiger partial charge in [0.05, 0.1) is 15.2 Å². The van der Waals surface area contributed by atoms with E-state index in [0.717, 1.165) is 30.8 Å². The molecule has 0 aliphatic rings. The lowest BCUT2D eigenvalue weighted by molar-refractivity contribution is 0.0955. The summed E-state index contributed by atoms with van der Waals surface area (Å²) in [5, 5.41) is 7.27. The van der Waals surface area contributed by atoms with Gasteiger partial charge in [-0.2, -0.15) is 5.10 Å². The van der Waals surface area contributed by atoms with Gasteiger partial charge >= 0.3 is 0 Å². The van der Waals surface area contributed by atoms with E-state index in [1.165, 1.54) is 0 Å². The Labute approximate surface area is 217 Å². The van der Waals surface area contributed by atoms with Gasteiger partial charge < -0.3 is 4.74 Å². The first kappa shape index (κ1) is 23.8. The molecule has 0 unspecified atom stereocenters. The average Bonchev–Trinajstić information content (AvgIpc) is 2.79. The molecule has 1 amide bonds. The number of carbonyl (C=O) groups is 1. The fourth-order valence-electron chi connectivity index (χ4n) is 3.14. The molecular formula is C25H16Br2Cl2N2O2. The molecule has 1 N–H and O–H groups in total. The van der Waals surface area contributed by atoms with Gasteiger partial charge in [0, 0.05) is 21.2 Å². The fourth-order valence-corrected chi connectivity index (χ4v) is 5.05. The van der Waals surface area contributed by atoms with Crippen molar-refractivity contribution in [2.45, 2.75) is 6.61 Å². The molecule has 4 aromatic carbocycles. The van der Waals surface area contributed by atoms with E-state index in [9.17, 15) is 4.79 Å². The molecule has 0 aliphatic carbocycles. The number of benzene rings is 4. The number of amides is 1. The maximum atomic E-state index is 12.5. The first-order chi connectivity index (χ1) is 15.9. The van der Waals surface area contributed by atoms with Crippen molar-refractivity contribution in [3.63, 3.8) is 0 Å². The van der Waals surface area contributed by atoms with Gasteiger partial charge in [-0.05, 0) is 84.6 Å². The Kier molecular flexibility index (Phi) is 7.71. The van der Waals surface area contributed by atoms with Gasteiger partial charge in [0.2, 0.25) is 0 Å². The van der Waals surface area contributed by atoms with Crippen molar-refractivity contribution in [2.24, 2.45) is 5.10 Å². The third kappa shape index (κ3) is 5.95. The summed E-state index contributed by atoms with van der Waals surface area (Å²) in [5.41, 5.74) is 4.70. The number of hydrazone groups is 1. The molecule has 0 heterocycles. The van der Waals surface area contributed by atoms with E-state index in [4.69, 9.17) is 27.9 Å². The maximum Gasteiger partial charge on any atom is 0.271 e. The van der Waals surface area contributed by atoms with E-state index >= 15 is 0 Å². The number of hydrogen-bond donors (Lipinski definition) is 1. The number of hydrogen-bond acceptors (Lipinski definition) is 3. The zero-order valence-electron chi connectivity index (χ0n) is 17.0. The number of rotatable bonds is 6. The summed E-state index contributed by atoms with van der Waals surface area (Å²) in [7, 11) is 0. The molecule has 4 aromatic rings. The van der Waals surface area contributed by atoms with Gasteiger partial charge in [-0.3, -0.25) is 4.79 Å². The van der Waals surface area contributed by atoms with Crippen molar-refractivity contribution in [3.8, 4) is 5.75 Å². The number of nitrogens with one attached hydrogen (secondary N) is 1. The Morgan fingerprint density at radius 3 is 2.39 bits per heavy atom. The van der Waals surface area contributed by atoms with Crippen molar-refractivity contribution < 1.29 is 9.53 Å². The van der Waals surface area contributed by atoms with Gasteiger partial charge in [-0.25, -0.2) is 5.43 Å². The van der Waals surface area contributed by atoms with Crippen molar-refractivity contribution >= 4 is 78.0 Å². The van der Waals surface area contributed by atoms with Crippen molar-refractivity contribution in [1.82, 2.24) is 5.43 Å². The van der Waals surface area contributed by atoms with Crippen molar-refractivity contribution in [3.05, 3.63) is 108 Å². The lowest BCUT2D eigenvalue weighted by atomic mass is 10.1. The first-order valence-corrected chi connectivity index (χ1v) is 12.1. The van der Waals surface area contributed by atoms with Crippen LogP contribution in [0, 0.1) is 0 Å². The van der Waals surface area contributed by atoms with Crippen LogP contribution in [0.4, 0.5) is 0 Å². The van der Waals surface area contributed by atoms with Crippen LogP contribution in [0.25, 0.3) is 10.8 Å². The summed E-state index contributed by atoms with van der Waals surface area (Å²) in [4.78, 5) is 12.5. The fraction of sp³-hybridized carbons (Fsp3) is 0.0400. The Hall–Kier alpha value is -2.38. The Morgan fingerprint density at radius 1 is 0.939 bits per heavy atom. The smallest absolute Gasteiger partial charge is 0.271 e. The highest BCUT2D eigenvalue weighted by Gasteiger charge is 2.11. The second-order valence-corrected chi connectivity index (χ2v) is 9.65. The van der Waals surface area contributed by atoms with Gasteiger partial charge in [0.25, 0.3) is 5.91 Å². The summed E-state index contributed by atoms with van der Waals surface area (Å²) in [6, 6.07) is 22.4. The van der Waals surface area contributed by atoms with Crippen LogP contribution in [0.1, 0.15) is 21.5 Å². The predicted molar refractivity (Wildman–Crippen MR) is 142 cm³/mol. The van der Waals surface area contributed by atoms with E-state index in [2.05, 4.69) is 42.4 Å². The van der Waals surface area contributed by atoms with E-state index in [1.807, 2.05) is 54.6 Å². The van der Waals surface area contributed by atoms with Crippen LogP contribution < -0.4 is 10.2 Å². The normalized spacial score (nSPS) is 11.2. The minimum atomic E-state index is -0.282. The first-order valence-electron chi connectivity index (χ1n) is 9.79. The van der Waals surface area contributed by atoms with Gasteiger partial charge in [0.1, 0.15) is 12.4 Å². The second-order valence-electron chi connectivity index (χ2n) is 7.10. The standard InChI is InChI=1S/C25H16Br2Cl2N2O2/c26-21-9-15(10-22(27)24(21)33-14-19-7-8-20(28)12-23(19)29)13-30-31-25(32)18-6-5-16-3-1-2-4-17(16)11-18/h1-13H,14H2,(H,31,32)/b30-13-. The van der Waals surface area contributed by atoms with Crippen LogP contribution in [-0.2, 0) is 6.61 Å². The van der Waals surface area contributed by atoms with Gasteiger partial charge in [-0.1, -0.05) is 59.6 Å². The molecule has 0 atom stereocenters. The highest BCUT2D eigenvalue weighted by atomic mass is 79.9. The van der Waals surface area contributed by atoms with Gasteiger partial charge in [0.15, 0.2) is 0 Å². The van der Waals surface area contributed by atoms with Crippen LogP contribution >= 0.6 is 55.1 Å². The molecule has 0 bridgehead atoms. The highest BCUT2D eigenvalue weighted by molar-refractivity contribution is 9.11. The zero-order chi connectivity index (χ0) is 23.4. The number of fused-ring (bicyclic) bond motifs is 1. The highest BCUT2D eigenvalue weighted by Crippen LogP contribution is 2.35. The third-order valence-corrected chi connectivity index (χ3v) is 6.56. The molecule has 8 heteroatoms. The predicted octanol–water partition coefficient (Wildman–Crippen LogP) is 8.01. The van der Waals surface area contributed by atoms with E-state index in [0.29, 0.717) is 21.4 Å². The molecule has 166 valence electrons. The minimum absolute atomic E-state index is 0.280. The molecule has 4 rings (SSSR count). The van der Waals surface area contributed by atoms with Crippen LogP contribution in [-0.4, -0.2) is 12.1 Å². The summed E-state index contributed by atoms with van der Waals surface area (Å²) in [5.74, 6) is 0.341. The Balaban J connectivity index is 1.42. The second kappa shape index (κ2) is 10.7. The molecule has 0 saturated heterocycles. The van der Waals surface area contributed by atoms with Gasteiger partial charge in [-0.15, -0.1) is 0 Å². The molecule has 0 radical (unpaired) electrons. The molecule has 33 heavy (non-hydrogen) atoms. The SMILES string of the molecule is O=C(N/N=C\c1cc(Br)c(OCc2ccc(Cl)cc2Cl)c(Br)c1)c1ccc2ccccc2c1. The number of nitrogens with zero attached hydrogens (tertiary/aromatic N) is 1. The molecule has 4 nitrogen and oxygen atoms in total. The molecular weight excluding hydrogens is 591 g/mol. The summed E-state index contributed by atoms with van der Waals surface area (Å²) < 4.78 is 7.38. The lowest BCUT2D eigenvalue weighted by Gasteiger charge is -2.12. The molecule has 0 spiro atoms.